The molecule has 3 rings (SSSR count). The Labute approximate surface area is 115 Å². The molecular weight excluding hydrogens is 238 g/mol. The topological polar surface area (TPSA) is 30.5 Å². The number of hydrogen-bond acceptors (Lipinski definition) is 3. The number of ether oxygens (including phenoxy) is 2. The quantitative estimate of drug-likeness (QED) is 0.887. The molecule has 1 saturated heterocycles. The van der Waals surface area contributed by atoms with Gasteiger partial charge in [0.1, 0.15) is 13.2 Å². The van der Waals surface area contributed by atoms with Gasteiger partial charge in [-0.1, -0.05) is 6.07 Å². The second-order valence-corrected chi connectivity index (χ2v) is 5.75. The van der Waals surface area contributed by atoms with E-state index in [0.29, 0.717) is 13.2 Å². The van der Waals surface area contributed by atoms with Crippen molar-refractivity contribution < 1.29 is 9.47 Å². The predicted molar refractivity (Wildman–Crippen MR) is 76.2 cm³/mol. The molecule has 0 aliphatic carbocycles. The summed E-state index contributed by atoms with van der Waals surface area (Å²) in [6.45, 7) is 7.92. The fourth-order valence-electron chi connectivity index (χ4n) is 3.11. The van der Waals surface area contributed by atoms with E-state index in [1.54, 1.807) is 0 Å². The number of fused-ring (bicyclic) bond motifs is 1. The maximum atomic E-state index is 5.89. The lowest BCUT2D eigenvalue weighted by Gasteiger charge is -2.27. The van der Waals surface area contributed by atoms with Crippen molar-refractivity contribution in [2.75, 3.05) is 26.3 Å². The van der Waals surface area contributed by atoms with E-state index >= 15 is 0 Å². The Morgan fingerprint density at radius 1 is 1.21 bits per heavy atom. The molecule has 0 saturated carbocycles. The normalized spacial score (nSPS) is 22.3. The Hall–Kier alpha value is -1.22. The molecule has 0 spiro atoms. The third kappa shape index (κ3) is 2.57. The summed E-state index contributed by atoms with van der Waals surface area (Å²) in [5.74, 6) is 2.70. The van der Waals surface area contributed by atoms with Gasteiger partial charge in [-0.2, -0.15) is 0 Å². The van der Waals surface area contributed by atoms with Crippen LogP contribution in [0.1, 0.15) is 29.5 Å². The van der Waals surface area contributed by atoms with Crippen LogP contribution in [0, 0.1) is 19.8 Å². The average Bonchev–Trinajstić information content (AvgIpc) is 2.46. The number of rotatable bonds is 2. The standard InChI is InChI=1S/C16H23NO2/c1-11-8-14(9-13-4-3-5-17-10-13)16-15(12(11)2)18-6-7-19-16/h8,13,17H,3-7,9-10H2,1-2H3. The Bertz CT molecular complexity index is 464. The first-order valence-electron chi connectivity index (χ1n) is 7.35. The maximum Gasteiger partial charge on any atom is 0.164 e. The first kappa shape index (κ1) is 12.8. The highest BCUT2D eigenvalue weighted by Gasteiger charge is 2.23. The zero-order chi connectivity index (χ0) is 13.2. The lowest BCUT2D eigenvalue weighted by molar-refractivity contribution is 0.168. The van der Waals surface area contributed by atoms with Crippen LogP contribution >= 0.6 is 0 Å². The van der Waals surface area contributed by atoms with E-state index < -0.39 is 0 Å². The molecule has 1 unspecified atom stereocenters. The first-order chi connectivity index (χ1) is 9.25. The maximum absolute atomic E-state index is 5.89. The molecule has 2 aliphatic heterocycles. The Balaban J connectivity index is 1.89. The van der Waals surface area contributed by atoms with Gasteiger partial charge in [0.05, 0.1) is 0 Å². The zero-order valence-electron chi connectivity index (χ0n) is 11.9. The van der Waals surface area contributed by atoms with Crippen LogP contribution in [0.2, 0.25) is 0 Å². The molecule has 1 N–H and O–H groups in total. The van der Waals surface area contributed by atoms with Gasteiger partial charge >= 0.3 is 0 Å². The molecule has 0 radical (unpaired) electrons. The van der Waals surface area contributed by atoms with E-state index in [2.05, 4.69) is 25.2 Å². The van der Waals surface area contributed by atoms with Crippen molar-refractivity contribution in [2.45, 2.75) is 33.1 Å². The number of nitrogens with one attached hydrogen (secondary N) is 1. The van der Waals surface area contributed by atoms with Crippen LogP contribution in [0.25, 0.3) is 0 Å². The molecule has 0 bridgehead atoms. The summed E-state index contributed by atoms with van der Waals surface area (Å²) < 4.78 is 11.7. The second-order valence-electron chi connectivity index (χ2n) is 5.75. The average molecular weight is 261 g/mol. The van der Waals surface area contributed by atoms with E-state index in [1.165, 1.54) is 36.1 Å². The molecule has 19 heavy (non-hydrogen) atoms. The molecule has 104 valence electrons. The minimum absolute atomic E-state index is 0.668. The monoisotopic (exact) mass is 261 g/mol. The largest absolute Gasteiger partial charge is 0.486 e. The van der Waals surface area contributed by atoms with E-state index in [-0.39, 0.29) is 0 Å². The van der Waals surface area contributed by atoms with Crippen LogP contribution in [0.4, 0.5) is 0 Å². The van der Waals surface area contributed by atoms with Crippen LogP contribution in [0.3, 0.4) is 0 Å². The molecule has 1 aromatic carbocycles. The number of aryl methyl sites for hydroxylation is 1. The second kappa shape index (κ2) is 5.41. The summed E-state index contributed by atoms with van der Waals surface area (Å²) in [7, 11) is 0. The smallest absolute Gasteiger partial charge is 0.164 e. The van der Waals surface area contributed by atoms with Crippen molar-refractivity contribution in [3.8, 4) is 11.5 Å². The highest BCUT2D eigenvalue weighted by atomic mass is 16.6. The fourth-order valence-corrected chi connectivity index (χ4v) is 3.11. The lowest BCUT2D eigenvalue weighted by Crippen LogP contribution is -2.31. The number of piperidine rings is 1. The molecule has 0 amide bonds. The van der Waals surface area contributed by atoms with Gasteiger partial charge in [0.2, 0.25) is 0 Å². The number of benzene rings is 1. The molecule has 2 heterocycles. The number of hydrogen-bond donors (Lipinski definition) is 1. The van der Waals surface area contributed by atoms with Crippen LogP contribution in [-0.2, 0) is 6.42 Å². The van der Waals surface area contributed by atoms with E-state index in [1.807, 2.05) is 0 Å². The van der Waals surface area contributed by atoms with Gasteiger partial charge in [0.25, 0.3) is 0 Å². The van der Waals surface area contributed by atoms with E-state index in [4.69, 9.17) is 9.47 Å². The van der Waals surface area contributed by atoms with Gasteiger partial charge in [-0.25, -0.2) is 0 Å². The Morgan fingerprint density at radius 2 is 2.00 bits per heavy atom. The summed E-state index contributed by atoms with van der Waals surface area (Å²) in [4.78, 5) is 0. The van der Waals surface area contributed by atoms with Gasteiger partial charge in [-0.15, -0.1) is 0 Å². The molecule has 3 nitrogen and oxygen atoms in total. The van der Waals surface area contributed by atoms with Crippen molar-refractivity contribution in [1.82, 2.24) is 5.32 Å². The fraction of sp³-hybridized carbons (Fsp3) is 0.625. The van der Waals surface area contributed by atoms with Crippen LogP contribution < -0.4 is 14.8 Å². The molecule has 1 atom stereocenters. The van der Waals surface area contributed by atoms with Gasteiger partial charge in [0, 0.05) is 0 Å². The molecule has 2 aliphatic rings. The van der Waals surface area contributed by atoms with Gasteiger partial charge in [-0.3, -0.25) is 0 Å². The Morgan fingerprint density at radius 3 is 2.74 bits per heavy atom. The molecule has 3 heteroatoms. The van der Waals surface area contributed by atoms with Gasteiger partial charge in [0.15, 0.2) is 11.5 Å². The van der Waals surface area contributed by atoms with Crippen molar-refractivity contribution in [3.05, 3.63) is 22.8 Å². The van der Waals surface area contributed by atoms with E-state index in [0.717, 1.165) is 30.4 Å². The van der Waals surface area contributed by atoms with Crippen molar-refractivity contribution in [1.29, 1.82) is 0 Å². The summed E-state index contributed by atoms with van der Waals surface area (Å²) in [5, 5.41) is 3.49. The summed E-state index contributed by atoms with van der Waals surface area (Å²) >= 11 is 0. The third-order valence-corrected chi connectivity index (χ3v) is 4.30. The van der Waals surface area contributed by atoms with Gasteiger partial charge in [-0.05, 0) is 68.8 Å². The minimum Gasteiger partial charge on any atom is -0.486 e. The minimum atomic E-state index is 0.668. The SMILES string of the molecule is Cc1cc(CC2CCCNC2)c2c(c1C)OCCO2. The molecule has 0 aromatic heterocycles. The third-order valence-electron chi connectivity index (χ3n) is 4.30. The van der Waals surface area contributed by atoms with Crippen LogP contribution in [0.15, 0.2) is 6.07 Å². The summed E-state index contributed by atoms with van der Waals surface area (Å²) in [6, 6.07) is 2.29. The Kier molecular flexibility index (Phi) is 3.65. The molecular formula is C16H23NO2. The van der Waals surface area contributed by atoms with Crippen LogP contribution in [0.5, 0.6) is 11.5 Å². The van der Waals surface area contributed by atoms with Crippen molar-refractivity contribution >= 4 is 0 Å². The molecule has 1 fully saturated rings. The highest BCUT2D eigenvalue weighted by molar-refractivity contribution is 5.55. The summed E-state index contributed by atoms with van der Waals surface area (Å²) in [6.07, 6.45) is 3.70. The first-order valence-corrected chi connectivity index (χ1v) is 7.35. The highest BCUT2D eigenvalue weighted by Crippen LogP contribution is 2.40. The van der Waals surface area contributed by atoms with Gasteiger partial charge < -0.3 is 14.8 Å². The van der Waals surface area contributed by atoms with Crippen LogP contribution in [-0.4, -0.2) is 26.3 Å². The van der Waals surface area contributed by atoms with E-state index in [9.17, 15) is 0 Å². The zero-order valence-corrected chi connectivity index (χ0v) is 11.9. The predicted octanol–water partition coefficient (Wildman–Crippen LogP) is 2.62. The summed E-state index contributed by atoms with van der Waals surface area (Å²) in [5.41, 5.74) is 3.86. The van der Waals surface area contributed by atoms with Crippen molar-refractivity contribution in [3.63, 3.8) is 0 Å². The lowest BCUT2D eigenvalue weighted by atomic mass is 9.90. The van der Waals surface area contributed by atoms with Crippen molar-refractivity contribution in [2.24, 2.45) is 5.92 Å². The molecule has 1 aromatic rings.